The number of nitrogens with one attached hydrogen (secondary N) is 3. The highest BCUT2D eigenvalue weighted by atomic mass is 32.2. The second kappa shape index (κ2) is 7.30. The van der Waals surface area contributed by atoms with E-state index in [9.17, 15) is 9.59 Å². The van der Waals surface area contributed by atoms with Gasteiger partial charge in [0.2, 0.25) is 11.8 Å². The van der Waals surface area contributed by atoms with Crippen LogP contribution in [0.1, 0.15) is 0 Å². The SMILES string of the molecule is O=C(CNC(=O)C1CSCN1)Nc1ccc(-n2cccn2)cc1. The number of amides is 2. The Labute approximate surface area is 137 Å². The number of benzene rings is 1. The van der Waals surface area contributed by atoms with Crippen molar-refractivity contribution in [1.29, 1.82) is 0 Å². The van der Waals surface area contributed by atoms with Gasteiger partial charge in [-0.05, 0) is 30.3 Å². The summed E-state index contributed by atoms with van der Waals surface area (Å²) >= 11 is 1.67. The topological polar surface area (TPSA) is 88.0 Å². The van der Waals surface area contributed by atoms with Crippen LogP contribution in [-0.4, -0.2) is 45.8 Å². The van der Waals surface area contributed by atoms with Gasteiger partial charge >= 0.3 is 0 Å². The molecule has 1 atom stereocenters. The average Bonchev–Trinajstić information content (AvgIpc) is 3.26. The summed E-state index contributed by atoms with van der Waals surface area (Å²) in [5.74, 6) is 1.12. The van der Waals surface area contributed by atoms with Gasteiger partial charge in [0, 0.05) is 29.7 Å². The molecule has 1 aromatic carbocycles. The number of carbonyl (C=O) groups excluding carboxylic acids is 2. The summed E-state index contributed by atoms with van der Waals surface area (Å²) in [4.78, 5) is 23.7. The van der Waals surface area contributed by atoms with Crippen LogP contribution in [0, 0.1) is 0 Å². The second-order valence-electron chi connectivity index (χ2n) is 5.04. The van der Waals surface area contributed by atoms with E-state index >= 15 is 0 Å². The van der Waals surface area contributed by atoms with Crippen molar-refractivity contribution in [2.24, 2.45) is 0 Å². The van der Waals surface area contributed by atoms with Gasteiger partial charge in [-0.3, -0.25) is 14.9 Å². The zero-order valence-corrected chi connectivity index (χ0v) is 13.2. The Hall–Kier alpha value is -2.32. The van der Waals surface area contributed by atoms with Crippen LogP contribution >= 0.6 is 11.8 Å². The molecule has 0 spiro atoms. The molecule has 3 rings (SSSR count). The van der Waals surface area contributed by atoms with Crippen molar-refractivity contribution in [3.05, 3.63) is 42.7 Å². The van der Waals surface area contributed by atoms with Crippen LogP contribution < -0.4 is 16.0 Å². The molecule has 2 aromatic rings. The van der Waals surface area contributed by atoms with Gasteiger partial charge in [-0.2, -0.15) is 5.10 Å². The smallest absolute Gasteiger partial charge is 0.243 e. The number of carbonyl (C=O) groups is 2. The molecule has 1 aliphatic rings. The number of hydrogen-bond acceptors (Lipinski definition) is 5. The lowest BCUT2D eigenvalue weighted by Gasteiger charge is -2.11. The van der Waals surface area contributed by atoms with Crippen molar-refractivity contribution in [1.82, 2.24) is 20.4 Å². The first kappa shape index (κ1) is 15.6. The van der Waals surface area contributed by atoms with E-state index in [0.717, 1.165) is 17.3 Å². The zero-order valence-electron chi connectivity index (χ0n) is 12.4. The molecule has 7 nitrogen and oxygen atoms in total. The van der Waals surface area contributed by atoms with Crippen molar-refractivity contribution in [2.75, 3.05) is 23.5 Å². The zero-order chi connectivity index (χ0) is 16.1. The molecule has 1 aliphatic heterocycles. The first-order valence-electron chi connectivity index (χ1n) is 7.21. The highest BCUT2D eigenvalue weighted by Crippen LogP contribution is 2.12. The maximum Gasteiger partial charge on any atom is 0.243 e. The van der Waals surface area contributed by atoms with Gasteiger partial charge in [-0.15, -0.1) is 11.8 Å². The van der Waals surface area contributed by atoms with Crippen LogP contribution in [0.2, 0.25) is 0 Å². The number of hydrogen-bond donors (Lipinski definition) is 3. The van der Waals surface area contributed by atoms with Gasteiger partial charge in [-0.1, -0.05) is 0 Å². The van der Waals surface area contributed by atoms with Crippen LogP contribution in [-0.2, 0) is 9.59 Å². The number of thioether (sulfide) groups is 1. The molecule has 1 saturated heterocycles. The third kappa shape index (κ3) is 4.11. The van der Waals surface area contributed by atoms with Crippen molar-refractivity contribution in [2.45, 2.75) is 6.04 Å². The Morgan fingerprint density at radius 1 is 1.35 bits per heavy atom. The summed E-state index contributed by atoms with van der Waals surface area (Å²) < 4.78 is 1.73. The van der Waals surface area contributed by atoms with E-state index in [4.69, 9.17) is 0 Å². The Bertz CT molecular complexity index is 666. The molecule has 0 bridgehead atoms. The van der Waals surface area contributed by atoms with Gasteiger partial charge < -0.3 is 10.6 Å². The van der Waals surface area contributed by atoms with E-state index in [1.807, 2.05) is 24.4 Å². The fraction of sp³-hybridized carbons (Fsp3) is 0.267. The first-order valence-corrected chi connectivity index (χ1v) is 8.36. The molecule has 0 aliphatic carbocycles. The van der Waals surface area contributed by atoms with Crippen LogP contribution in [0.15, 0.2) is 42.7 Å². The summed E-state index contributed by atoms with van der Waals surface area (Å²) in [5.41, 5.74) is 1.58. The Balaban J connectivity index is 1.48. The Morgan fingerprint density at radius 2 is 2.17 bits per heavy atom. The molecular weight excluding hydrogens is 314 g/mol. The number of anilines is 1. The molecule has 120 valence electrons. The standard InChI is InChI=1S/C15H17N5O2S/c21-14(8-16-15(22)13-9-23-10-17-13)19-11-2-4-12(5-3-11)20-7-1-6-18-20/h1-7,13,17H,8-10H2,(H,16,22)(H,19,21). The van der Waals surface area contributed by atoms with Crippen LogP contribution in [0.4, 0.5) is 5.69 Å². The van der Waals surface area contributed by atoms with E-state index in [-0.39, 0.29) is 24.4 Å². The number of rotatable bonds is 5. The van der Waals surface area contributed by atoms with Gasteiger partial charge in [0.25, 0.3) is 0 Å². The summed E-state index contributed by atoms with van der Waals surface area (Å²) in [6.45, 7) is -0.0391. The molecule has 0 radical (unpaired) electrons. The normalized spacial score (nSPS) is 17.0. The molecule has 1 aromatic heterocycles. The maximum absolute atomic E-state index is 11.9. The molecule has 23 heavy (non-hydrogen) atoms. The lowest BCUT2D eigenvalue weighted by Crippen LogP contribution is -2.44. The van der Waals surface area contributed by atoms with Gasteiger partial charge in [0.05, 0.1) is 18.3 Å². The van der Waals surface area contributed by atoms with Crippen molar-refractivity contribution >= 4 is 29.3 Å². The van der Waals surface area contributed by atoms with Crippen molar-refractivity contribution < 1.29 is 9.59 Å². The summed E-state index contributed by atoms with van der Waals surface area (Å²) in [6.07, 6.45) is 3.55. The first-order chi connectivity index (χ1) is 11.2. The second-order valence-corrected chi connectivity index (χ2v) is 6.07. The molecule has 8 heteroatoms. The fourth-order valence-electron chi connectivity index (χ4n) is 2.18. The quantitative estimate of drug-likeness (QED) is 0.746. The van der Waals surface area contributed by atoms with Crippen LogP contribution in [0.3, 0.4) is 0 Å². The minimum Gasteiger partial charge on any atom is -0.346 e. The average molecular weight is 331 g/mol. The number of aromatic nitrogens is 2. The highest BCUT2D eigenvalue weighted by Gasteiger charge is 2.22. The molecular formula is C15H17N5O2S. The highest BCUT2D eigenvalue weighted by molar-refractivity contribution is 7.99. The van der Waals surface area contributed by atoms with E-state index < -0.39 is 0 Å². The summed E-state index contributed by atoms with van der Waals surface area (Å²) in [7, 11) is 0. The van der Waals surface area contributed by atoms with Gasteiger partial charge in [0.15, 0.2) is 0 Å². The predicted molar refractivity (Wildman–Crippen MR) is 89.5 cm³/mol. The van der Waals surface area contributed by atoms with Gasteiger partial charge in [0.1, 0.15) is 0 Å². The maximum atomic E-state index is 11.9. The van der Waals surface area contributed by atoms with Crippen molar-refractivity contribution in [3.63, 3.8) is 0 Å². The summed E-state index contributed by atoms with van der Waals surface area (Å²) in [6, 6.07) is 8.96. The van der Waals surface area contributed by atoms with Gasteiger partial charge in [-0.25, -0.2) is 4.68 Å². The predicted octanol–water partition coefficient (Wildman–Crippen LogP) is 0.589. The lowest BCUT2D eigenvalue weighted by molar-refractivity contribution is -0.125. The third-order valence-electron chi connectivity index (χ3n) is 3.38. The Morgan fingerprint density at radius 3 is 2.83 bits per heavy atom. The van der Waals surface area contributed by atoms with E-state index in [1.54, 1.807) is 34.8 Å². The molecule has 3 N–H and O–H groups in total. The van der Waals surface area contributed by atoms with Crippen molar-refractivity contribution in [3.8, 4) is 5.69 Å². The molecule has 2 amide bonds. The molecule has 1 fully saturated rings. The molecule has 0 saturated carbocycles. The third-order valence-corrected chi connectivity index (χ3v) is 4.32. The number of nitrogens with zero attached hydrogens (tertiary/aromatic N) is 2. The van der Waals surface area contributed by atoms with Crippen LogP contribution in [0.25, 0.3) is 5.69 Å². The van der Waals surface area contributed by atoms with E-state index in [0.29, 0.717) is 5.69 Å². The van der Waals surface area contributed by atoms with Crippen LogP contribution in [0.5, 0.6) is 0 Å². The minimum absolute atomic E-state index is 0.0391. The minimum atomic E-state index is -0.254. The Kier molecular flexibility index (Phi) is 4.94. The lowest BCUT2D eigenvalue weighted by atomic mass is 10.2. The molecule has 2 heterocycles. The van der Waals surface area contributed by atoms with E-state index in [1.165, 1.54) is 0 Å². The monoisotopic (exact) mass is 331 g/mol. The summed E-state index contributed by atoms with van der Waals surface area (Å²) in [5, 5.41) is 12.6. The largest absolute Gasteiger partial charge is 0.346 e. The fourth-order valence-corrected chi connectivity index (χ4v) is 3.12. The molecule has 1 unspecified atom stereocenters. The van der Waals surface area contributed by atoms with E-state index in [2.05, 4.69) is 21.0 Å².